The van der Waals surface area contributed by atoms with Gasteiger partial charge >= 0.3 is 5.97 Å². The van der Waals surface area contributed by atoms with Gasteiger partial charge in [0.05, 0.1) is 11.5 Å². The maximum Gasteiger partial charge on any atom is 0.374 e. The lowest BCUT2D eigenvalue weighted by molar-refractivity contribution is -0.384. The van der Waals surface area contributed by atoms with Crippen LogP contribution in [0.5, 0.6) is 0 Å². The number of carbonyl (C=O) groups is 1. The van der Waals surface area contributed by atoms with Crippen molar-refractivity contribution in [1.29, 1.82) is 0 Å². The number of nitro groups is 1. The van der Waals surface area contributed by atoms with Crippen LogP contribution in [0.15, 0.2) is 46.9 Å². The van der Waals surface area contributed by atoms with Crippen molar-refractivity contribution in [2.45, 2.75) is 20.0 Å². The fourth-order valence-electron chi connectivity index (χ4n) is 3.03. The number of hydrogen-bond acceptors (Lipinski definition) is 6. The fraction of sp³-hybridized carbons (Fsp3) is 0.250. The Labute approximate surface area is 166 Å². The van der Waals surface area contributed by atoms with Crippen LogP contribution in [0.25, 0.3) is 11.0 Å². The van der Waals surface area contributed by atoms with Gasteiger partial charge in [-0.15, -0.1) is 0 Å². The van der Waals surface area contributed by atoms with E-state index in [1.54, 1.807) is 13.0 Å². The van der Waals surface area contributed by atoms with E-state index < -0.39 is 10.9 Å². The summed E-state index contributed by atoms with van der Waals surface area (Å²) in [5, 5.41) is 12.3. The number of para-hydroxylation sites is 1. The van der Waals surface area contributed by atoms with Crippen molar-refractivity contribution >= 4 is 34.2 Å². The Morgan fingerprint density at radius 3 is 2.71 bits per heavy atom. The molecule has 146 valence electrons. The molecule has 7 nitrogen and oxygen atoms in total. The smallest absolute Gasteiger partial charge is 0.374 e. The van der Waals surface area contributed by atoms with Crippen LogP contribution in [-0.4, -0.2) is 29.4 Å². The van der Waals surface area contributed by atoms with Crippen molar-refractivity contribution in [3.8, 4) is 0 Å². The number of nitro benzene ring substituents is 1. The molecule has 0 saturated carbocycles. The third kappa shape index (κ3) is 4.16. The van der Waals surface area contributed by atoms with E-state index in [9.17, 15) is 14.9 Å². The van der Waals surface area contributed by atoms with E-state index in [2.05, 4.69) is 0 Å². The maximum absolute atomic E-state index is 12.3. The first-order valence-corrected chi connectivity index (χ1v) is 9.07. The van der Waals surface area contributed by atoms with E-state index in [-0.39, 0.29) is 18.1 Å². The number of furan rings is 1. The number of fused-ring (bicyclic) bond motifs is 1. The van der Waals surface area contributed by atoms with Gasteiger partial charge in [0.2, 0.25) is 5.76 Å². The molecule has 0 saturated heterocycles. The summed E-state index contributed by atoms with van der Waals surface area (Å²) in [6, 6.07) is 11.7. The number of ether oxygens (including phenoxy) is 1. The van der Waals surface area contributed by atoms with Crippen molar-refractivity contribution in [2.75, 3.05) is 13.7 Å². The highest BCUT2D eigenvalue weighted by atomic mass is 35.5. The Hall–Kier alpha value is -2.90. The molecule has 3 rings (SSSR count). The third-order valence-electron chi connectivity index (χ3n) is 4.27. The van der Waals surface area contributed by atoms with Gasteiger partial charge in [-0.25, -0.2) is 4.79 Å². The lowest BCUT2D eigenvalue weighted by atomic mass is 10.1. The lowest BCUT2D eigenvalue weighted by Crippen LogP contribution is -2.19. The summed E-state index contributed by atoms with van der Waals surface area (Å²) in [5.41, 5.74) is 1.91. The predicted octanol–water partition coefficient (Wildman–Crippen LogP) is 4.80. The summed E-state index contributed by atoms with van der Waals surface area (Å²) in [7, 11) is 1.84. The molecular formula is C20H19ClN2O5. The summed E-state index contributed by atoms with van der Waals surface area (Å²) in [6.45, 7) is 2.72. The first kappa shape index (κ1) is 19.9. The molecule has 0 aliphatic carbocycles. The molecule has 1 aromatic heterocycles. The van der Waals surface area contributed by atoms with Gasteiger partial charge in [-0.1, -0.05) is 29.8 Å². The zero-order valence-electron chi connectivity index (χ0n) is 15.5. The van der Waals surface area contributed by atoms with Crippen molar-refractivity contribution in [2.24, 2.45) is 0 Å². The van der Waals surface area contributed by atoms with Crippen molar-refractivity contribution < 1.29 is 18.9 Å². The molecule has 8 heteroatoms. The standard InChI is InChI=1S/C20H19ClN2O5/c1-3-27-20(24)19-16(15-6-4-5-7-18(15)28-19)12-22(2)11-13-10-14(23(25)26)8-9-17(13)21/h4-10H,3,11-12H2,1-2H3. The predicted molar refractivity (Wildman–Crippen MR) is 105 cm³/mol. The van der Waals surface area contributed by atoms with E-state index in [1.807, 2.05) is 30.1 Å². The number of carbonyl (C=O) groups excluding carboxylic acids is 1. The van der Waals surface area contributed by atoms with Crippen LogP contribution < -0.4 is 0 Å². The van der Waals surface area contributed by atoms with Crippen molar-refractivity contribution in [3.63, 3.8) is 0 Å². The Morgan fingerprint density at radius 2 is 2.00 bits per heavy atom. The monoisotopic (exact) mass is 402 g/mol. The largest absolute Gasteiger partial charge is 0.460 e. The second kappa shape index (κ2) is 8.41. The molecule has 2 aromatic carbocycles. The van der Waals surface area contributed by atoms with Crippen LogP contribution in [0.2, 0.25) is 5.02 Å². The molecule has 0 fully saturated rings. The van der Waals surface area contributed by atoms with Crippen molar-refractivity contribution in [3.05, 3.63) is 74.5 Å². The lowest BCUT2D eigenvalue weighted by Gasteiger charge is -2.17. The van der Waals surface area contributed by atoms with Gasteiger partial charge < -0.3 is 9.15 Å². The number of nitrogens with zero attached hydrogens (tertiary/aromatic N) is 2. The van der Waals surface area contributed by atoms with Crippen LogP contribution in [0.1, 0.15) is 28.6 Å². The summed E-state index contributed by atoms with van der Waals surface area (Å²) in [6.07, 6.45) is 0. The SMILES string of the molecule is CCOC(=O)c1oc2ccccc2c1CN(C)Cc1cc([N+](=O)[O-])ccc1Cl. The molecule has 0 aliphatic rings. The van der Waals surface area contributed by atoms with Crippen LogP contribution in [0, 0.1) is 10.1 Å². The van der Waals surface area contributed by atoms with Gasteiger partial charge in [0.25, 0.3) is 5.69 Å². The second-order valence-electron chi connectivity index (χ2n) is 6.33. The Balaban J connectivity index is 1.90. The molecule has 0 bridgehead atoms. The molecule has 0 aliphatic heterocycles. The molecule has 3 aromatic rings. The molecule has 28 heavy (non-hydrogen) atoms. The molecule has 0 N–H and O–H groups in total. The van der Waals surface area contributed by atoms with E-state index in [0.29, 0.717) is 34.8 Å². The van der Waals surface area contributed by atoms with Gasteiger partial charge in [-0.3, -0.25) is 15.0 Å². The van der Waals surface area contributed by atoms with E-state index >= 15 is 0 Å². The molecule has 1 heterocycles. The average Bonchev–Trinajstić information content (AvgIpc) is 3.02. The van der Waals surface area contributed by atoms with Crippen molar-refractivity contribution in [1.82, 2.24) is 4.90 Å². The fourth-order valence-corrected chi connectivity index (χ4v) is 3.21. The second-order valence-corrected chi connectivity index (χ2v) is 6.74. The van der Waals surface area contributed by atoms with E-state index in [0.717, 1.165) is 5.39 Å². The van der Waals surface area contributed by atoms with Crippen LogP contribution in [0.4, 0.5) is 5.69 Å². The molecule has 0 spiro atoms. The minimum Gasteiger partial charge on any atom is -0.460 e. The normalized spacial score (nSPS) is 11.1. The van der Waals surface area contributed by atoms with Gasteiger partial charge in [0, 0.05) is 41.2 Å². The average molecular weight is 403 g/mol. The van der Waals surface area contributed by atoms with E-state index in [1.165, 1.54) is 18.2 Å². The summed E-state index contributed by atoms with van der Waals surface area (Å²) < 4.78 is 10.8. The van der Waals surface area contributed by atoms with Gasteiger partial charge in [-0.05, 0) is 31.7 Å². The molecular weight excluding hydrogens is 384 g/mol. The quantitative estimate of drug-likeness (QED) is 0.320. The number of non-ortho nitro benzene ring substituents is 1. The van der Waals surface area contributed by atoms with Crippen LogP contribution in [0.3, 0.4) is 0 Å². The highest BCUT2D eigenvalue weighted by Crippen LogP contribution is 2.29. The van der Waals surface area contributed by atoms with Crippen LogP contribution >= 0.6 is 11.6 Å². The Kier molecular flexibility index (Phi) is 5.96. The number of benzene rings is 2. The topological polar surface area (TPSA) is 85.8 Å². The first-order valence-electron chi connectivity index (χ1n) is 8.69. The molecule has 0 unspecified atom stereocenters. The first-order chi connectivity index (χ1) is 13.4. The van der Waals surface area contributed by atoms with E-state index in [4.69, 9.17) is 20.8 Å². The minimum atomic E-state index is -0.518. The number of rotatable bonds is 7. The highest BCUT2D eigenvalue weighted by molar-refractivity contribution is 6.31. The zero-order valence-corrected chi connectivity index (χ0v) is 16.2. The Morgan fingerprint density at radius 1 is 1.25 bits per heavy atom. The summed E-state index contributed by atoms with van der Waals surface area (Å²) >= 11 is 6.20. The zero-order chi connectivity index (χ0) is 20.3. The molecule has 0 radical (unpaired) electrons. The van der Waals surface area contributed by atoms with Crippen LogP contribution in [-0.2, 0) is 17.8 Å². The molecule has 0 amide bonds. The Bertz CT molecular complexity index is 1030. The third-order valence-corrected chi connectivity index (χ3v) is 4.64. The number of halogens is 1. The number of esters is 1. The number of hydrogen-bond donors (Lipinski definition) is 0. The molecule has 0 atom stereocenters. The van der Waals surface area contributed by atoms with Gasteiger partial charge in [-0.2, -0.15) is 0 Å². The minimum absolute atomic E-state index is 0.0197. The summed E-state index contributed by atoms with van der Waals surface area (Å²) in [4.78, 5) is 24.8. The maximum atomic E-state index is 12.3. The summed E-state index contributed by atoms with van der Waals surface area (Å²) in [5.74, 6) is -0.351. The van der Waals surface area contributed by atoms with Gasteiger partial charge in [0.1, 0.15) is 5.58 Å². The highest BCUT2D eigenvalue weighted by Gasteiger charge is 2.23. The van der Waals surface area contributed by atoms with Gasteiger partial charge in [0.15, 0.2) is 0 Å².